The van der Waals surface area contributed by atoms with E-state index in [9.17, 15) is 0 Å². The van der Waals surface area contributed by atoms with Crippen LogP contribution < -0.4 is 10.2 Å². The minimum Gasteiger partial charge on any atom is -0.492 e. The summed E-state index contributed by atoms with van der Waals surface area (Å²) in [4.78, 5) is 0. The van der Waals surface area contributed by atoms with Gasteiger partial charge in [-0.3, -0.25) is 0 Å². The first kappa shape index (κ1) is 11.4. The molecule has 0 saturated heterocycles. The minimum atomic E-state index is -1.49. The van der Waals surface area contributed by atoms with Gasteiger partial charge in [-0.25, -0.2) is 0 Å². The summed E-state index contributed by atoms with van der Waals surface area (Å²) in [6.07, 6.45) is 0.903. The zero-order valence-corrected chi connectivity index (χ0v) is 8.66. The van der Waals surface area contributed by atoms with Crippen LogP contribution in [0.15, 0.2) is 18.2 Å². The molecular weight excluding hydrogens is 202 g/mol. The molecule has 0 spiro atoms. The number of halogens is 1. The summed E-state index contributed by atoms with van der Waals surface area (Å²) in [6, 6.07) is 4.69. The Balaban J connectivity index is 2.79. The number of hydrogen-bond acceptors (Lipinski definition) is 3. The van der Waals surface area contributed by atoms with Crippen molar-refractivity contribution in [1.82, 2.24) is 0 Å². The first-order chi connectivity index (χ1) is 6.65. The monoisotopic (exact) mass is 214 g/mol. The van der Waals surface area contributed by atoms with Crippen LogP contribution >= 0.6 is 11.6 Å². The Morgan fingerprint density at radius 2 is 2.14 bits per heavy atom. The van der Waals surface area contributed by atoms with E-state index in [1.165, 1.54) is 6.07 Å². The fraction of sp³-hybridized carbons (Fsp3) is 0.333. The van der Waals surface area contributed by atoms with Gasteiger partial charge in [-0.2, -0.15) is 0 Å². The molecule has 0 atom stereocenters. The van der Waals surface area contributed by atoms with Crippen LogP contribution in [0.25, 0.3) is 0 Å². The van der Waals surface area contributed by atoms with Crippen molar-refractivity contribution in [1.29, 1.82) is 0 Å². The Bertz CT molecular complexity index is 304. The minimum absolute atomic E-state index is 0.360. The SMILES string of the molecule is CCCOc1ccc(B(O)O)cc1Cl. The molecule has 14 heavy (non-hydrogen) atoms. The number of hydrogen-bond donors (Lipinski definition) is 2. The standard InChI is InChI=1S/C9H12BClO3/c1-2-5-14-9-4-3-7(10(12)13)6-8(9)11/h3-4,6,12-13H,2,5H2,1H3. The quantitative estimate of drug-likeness (QED) is 0.729. The van der Waals surface area contributed by atoms with Crippen molar-refractivity contribution in [3.05, 3.63) is 23.2 Å². The molecule has 0 aliphatic carbocycles. The number of rotatable bonds is 4. The van der Waals surface area contributed by atoms with Crippen LogP contribution in [-0.2, 0) is 0 Å². The van der Waals surface area contributed by atoms with Gasteiger partial charge in [0.2, 0.25) is 0 Å². The highest BCUT2D eigenvalue weighted by Crippen LogP contribution is 2.22. The van der Waals surface area contributed by atoms with Crippen molar-refractivity contribution in [3.8, 4) is 5.75 Å². The van der Waals surface area contributed by atoms with Gasteiger partial charge < -0.3 is 14.8 Å². The largest absolute Gasteiger partial charge is 0.492 e. The molecule has 5 heteroatoms. The predicted octanol–water partition coefficient (Wildman–Crippen LogP) is 0.809. The third-order valence-corrected chi connectivity index (χ3v) is 2.01. The Morgan fingerprint density at radius 3 is 2.64 bits per heavy atom. The molecule has 0 bridgehead atoms. The van der Waals surface area contributed by atoms with Gasteiger partial charge in [0.25, 0.3) is 0 Å². The van der Waals surface area contributed by atoms with E-state index in [0.717, 1.165) is 6.42 Å². The Kier molecular flexibility index (Phi) is 4.26. The van der Waals surface area contributed by atoms with E-state index in [-0.39, 0.29) is 0 Å². The average molecular weight is 214 g/mol. The van der Waals surface area contributed by atoms with Gasteiger partial charge in [0.15, 0.2) is 0 Å². The number of benzene rings is 1. The summed E-state index contributed by atoms with van der Waals surface area (Å²) < 4.78 is 5.33. The lowest BCUT2D eigenvalue weighted by molar-refractivity contribution is 0.317. The summed E-state index contributed by atoms with van der Waals surface area (Å²) in [6.45, 7) is 2.60. The smallest absolute Gasteiger partial charge is 0.488 e. The molecule has 0 aliphatic rings. The molecule has 0 fully saturated rings. The molecule has 1 aromatic carbocycles. The average Bonchev–Trinajstić information content (AvgIpc) is 2.15. The highest BCUT2D eigenvalue weighted by Gasteiger charge is 2.12. The van der Waals surface area contributed by atoms with E-state index in [1.54, 1.807) is 12.1 Å². The van der Waals surface area contributed by atoms with E-state index < -0.39 is 7.12 Å². The third kappa shape index (κ3) is 2.91. The maximum absolute atomic E-state index is 8.87. The molecule has 0 amide bonds. The predicted molar refractivity (Wildman–Crippen MR) is 57.1 cm³/mol. The van der Waals surface area contributed by atoms with Gasteiger partial charge in [0, 0.05) is 0 Å². The van der Waals surface area contributed by atoms with Gasteiger partial charge in [-0.15, -0.1) is 0 Å². The highest BCUT2D eigenvalue weighted by molar-refractivity contribution is 6.59. The van der Waals surface area contributed by atoms with E-state index in [2.05, 4.69) is 0 Å². The lowest BCUT2D eigenvalue weighted by Gasteiger charge is -2.07. The van der Waals surface area contributed by atoms with Crippen LogP contribution in [0.2, 0.25) is 5.02 Å². The second-order valence-electron chi connectivity index (χ2n) is 2.91. The first-order valence-corrected chi connectivity index (χ1v) is 4.81. The molecule has 0 aromatic heterocycles. The molecule has 3 nitrogen and oxygen atoms in total. The molecule has 0 saturated carbocycles. The van der Waals surface area contributed by atoms with Gasteiger partial charge in [-0.05, 0) is 24.0 Å². The van der Waals surface area contributed by atoms with Gasteiger partial charge in [0.05, 0.1) is 11.6 Å². The summed E-state index contributed by atoms with van der Waals surface area (Å²) >= 11 is 5.86. The van der Waals surface area contributed by atoms with Gasteiger partial charge in [-0.1, -0.05) is 24.6 Å². The van der Waals surface area contributed by atoms with Crippen LogP contribution in [0.4, 0.5) is 0 Å². The lowest BCUT2D eigenvalue weighted by atomic mass is 9.80. The molecule has 2 N–H and O–H groups in total. The summed E-state index contributed by atoms with van der Waals surface area (Å²) in [7, 11) is -1.49. The van der Waals surface area contributed by atoms with Crippen molar-refractivity contribution in [3.63, 3.8) is 0 Å². The summed E-state index contributed by atoms with van der Waals surface area (Å²) in [5, 5.41) is 18.1. The third-order valence-electron chi connectivity index (χ3n) is 1.72. The molecule has 0 aliphatic heterocycles. The molecule has 0 radical (unpaired) electrons. The second-order valence-corrected chi connectivity index (χ2v) is 3.32. The lowest BCUT2D eigenvalue weighted by Crippen LogP contribution is -2.29. The van der Waals surface area contributed by atoms with Crippen molar-refractivity contribution in [2.45, 2.75) is 13.3 Å². The topological polar surface area (TPSA) is 49.7 Å². The normalized spacial score (nSPS) is 10.0. The van der Waals surface area contributed by atoms with Gasteiger partial charge in [0.1, 0.15) is 5.75 Å². The van der Waals surface area contributed by atoms with Crippen LogP contribution in [0, 0.1) is 0 Å². The summed E-state index contributed by atoms with van der Waals surface area (Å²) in [5.41, 5.74) is 0.360. The van der Waals surface area contributed by atoms with Crippen LogP contribution in [-0.4, -0.2) is 23.8 Å². The van der Waals surface area contributed by atoms with Crippen molar-refractivity contribution < 1.29 is 14.8 Å². The fourth-order valence-electron chi connectivity index (χ4n) is 1.01. The summed E-state index contributed by atoms with van der Waals surface area (Å²) in [5.74, 6) is 0.568. The highest BCUT2D eigenvalue weighted by atomic mass is 35.5. The zero-order chi connectivity index (χ0) is 10.6. The van der Waals surface area contributed by atoms with E-state index in [4.69, 9.17) is 26.4 Å². The fourth-order valence-corrected chi connectivity index (χ4v) is 1.25. The Labute approximate surface area is 88.4 Å². The maximum atomic E-state index is 8.87. The van der Waals surface area contributed by atoms with Crippen molar-refractivity contribution >= 4 is 24.2 Å². The van der Waals surface area contributed by atoms with Crippen LogP contribution in [0.1, 0.15) is 13.3 Å². The maximum Gasteiger partial charge on any atom is 0.488 e. The zero-order valence-electron chi connectivity index (χ0n) is 7.90. The second kappa shape index (κ2) is 5.24. The van der Waals surface area contributed by atoms with Crippen LogP contribution in [0.5, 0.6) is 5.75 Å². The van der Waals surface area contributed by atoms with E-state index >= 15 is 0 Å². The van der Waals surface area contributed by atoms with Gasteiger partial charge >= 0.3 is 7.12 Å². The first-order valence-electron chi connectivity index (χ1n) is 4.43. The van der Waals surface area contributed by atoms with E-state index in [0.29, 0.717) is 22.8 Å². The molecule has 1 rings (SSSR count). The molecule has 0 heterocycles. The van der Waals surface area contributed by atoms with Crippen LogP contribution in [0.3, 0.4) is 0 Å². The van der Waals surface area contributed by atoms with Crippen molar-refractivity contribution in [2.75, 3.05) is 6.61 Å². The van der Waals surface area contributed by atoms with Crippen molar-refractivity contribution in [2.24, 2.45) is 0 Å². The molecule has 0 unspecified atom stereocenters. The Hall–Kier alpha value is -0.705. The molecule has 1 aromatic rings. The number of ether oxygens (including phenoxy) is 1. The molecular formula is C9H12BClO3. The molecule has 76 valence electrons. The Morgan fingerprint density at radius 1 is 1.43 bits per heavy atom. The van der Waals surface area contributed by atoms with E-state index in [1.807, 2.05) is 6.92 Å².